The Morgan fingerprint density at radius 2 is 2.04 bits per heavy atom. The van der Waals surface area contributed by atoms with Crippen LogP contribution in [0, 0.1) is 0 Å². The molecule has 24 heavy (non-hydrogen) atoms. The van der Waals surface area contributed by atoms with Gasteiger partial charge in [-0.25, -0.2) is 4.98 Å². The highest BCUT2D eigenvalue weighted by molar-refractivity contribution is 7.18. The lowest BCUT2D eigenvalue weighted by Crippen LogP contribution is -2.33. The first-order valence-electron chi connectivity index (χ1n) is 7.99. The van der Waals surface area contributed by atoms with Gasteiger partial charge in [-0.3, -0.25) is 14.2 Å². The van der Waals surface area contributed by atoms with E-state index in [0.29, 0.717) is 17.5 Å². The highest BCUT2D eigenvalue weighted by atomic mass is 32.1. The number of hydrogen-bond acceptors (Lipinski definition) is 4. The summed E-state index contributed by atoms with van der Waals surface area (Å²) in [5, 5.41) is 3.45. The van der Waals surface area contributed by atoms with Crippen molar-refractivity contribution < 1.29 is 4.79 Å². The maximum Gasteiger partial charge on any atom is 0.262 e. The van der Waals surface area contributed by atoms with Crippen LogP contribution in [0.25, 0.3) is 10.2 Å². The number of carbonyl (C=O) groups excluding carboxylic acids is 1. The summed E-state index contributed by atoms with van der Waals surface area (Å²) in [5.74, 6) is -0.210. The van der Waals surface area contributed by atoms with Gasteiger partial charge in [0, 0.05) is 10.6 Å². The molecule has 1 atom stereocenters. The fraction of sp³-hybridized carbons (Fsp3) is 0.278. The van der Waals surface area contributed by atoms with Crippen LogP contribution in [0.15, 0.2) is 47.5 Å². The number of hydrogen-bond donors (Lipinski definition) is 1. The van der Waals surface area contributed by atoms with Crippen LogP contribution in [0.4, 0.5) is 5.69 Å². The number of aromatic nitrogens is 2. The van der Waals surface area contributed by atoms with Crippen molar-refractivity contribution >= 4 is 33.1 Å². The van der Waals surface area contributed by atoms with Crippen LogP contribution >= 0.6 is 11.3 Å². The molecule has 5 nitrogen and oxygen atoms in total. The van der Waals surface area contributed by atoms with Crippen molar-refractivity contribution in [3.05, 3.63) is 58.0 Å². The Bertz CT molecular complexity index is 915. The quantitative estimate of drug-likeness (QED) is 0.771. The molecule has 0 saturated heterocycles. The number of anilines is 1. The number of nitrogens with zero attached hydrogens (tertiary/aromatic N) is 2. The van der Waals surface area contributed by atoms with E-state index in [2.05, 4.69) is 10.3 Å². The van der Waals surface area contributed by atoms with Crippen LogP contribution in [0.5, 0.6) is 0 Å². The number of rotatable bonds is 5. The number of fused-ring (bicyclic) bond motifs is 1. The Kier molecular flexibility index (Phi) is 4.76. The molecule has 3 rings (SSSR count). The van der Waals surface area contributed by atoms with Crippen LogP contribution < -0.4 is 10.9 Å². The van der Waals surface area contributed by atoms with E-state index in [-0.39, 0.29) is 11.5 Å². The predicted molar refractivity (Wildman–Crippen MR) is 97.7 cm³/mol. The first-order chi connectivity index (χ1) is 11.6. The van der Waals surface area contributed by atoms with Crippen LogP contribution in [-0.2, 0) is 11.2 Å². The van der Waals surface area contributed by atoms with Gasteiger partial charge in [0.2, 0.25) is 5.91 Å². The van der Waals surface area contributed by atoms with Crippen molar-refractivity contribution in [1.82, 2.24) is 9.55 Å². The molecule has 2 heterocycles. The summed E-state index contributed by atoms with van der Waals surface area (Å²) in [4.78, 5) is 31.6. The molecular weight excluding hydrogens is 322 g/mol. The van der Waals surface area contributed by atoms with Crippen molar-refractivity contribution in [2.75, 3.05) is 5.32 Å². The van der Waals surface area contributed by atoms with Crippen LogP contribution in [0.1, 0.15) is 31.2 Å². The SMILES string of the molecule is CCc1cc2c(=O)n(C(CC)C(=O)Nc3ccccc3)cnc2s1. The van der Waals surface area contributed by atoms with Gasteiger partial charge >= 0.3 is 0 Å². The molecule has 6 heteroatoms. The average molecular weight is 341 g/mol. The summed E-state index contributed by atoms with van der Waals surface area (Å²) >= 11 is 1.53. The highest BCUT2D eigenvalue weighted by Crippen LogP contribution is 2.22. The lowest BCUT2D eigenvalue weighted by Gasteiger charge is -2.17. The predicted octanol–water partition coefficient (Wildman–Crippen LogP) is 3.61. The molecule has 1 aromatic carbocycles. The number of aryl methyl sites for hydroxylation is 1. The zero-order valence-corrected chi connectivity index (χ0v) is 14.5. The van der Waals surface area contributed by atoms with E-state index in [9.17, 15) is 9.59 Å². The van der Waals surface area contributed by atoms with E-state index < -0.39 is 6.04 Å². The summed E-state index contributed by atoms with van der Waals surface area (Å²) in [6, 6.07) is 10.5. The maximum absolute atomic E-state index is 12.8. The largest absolute Gasteiger partial charge is 0.324 e. The zero-order valence-electron chi connectivity index (χ0n) is 13.7. The third-order valence-electron chi connectivity index (χ3n) is 3.94. The highest BCUT2D eigenvalue weighted by Gasteiger charge is 2.21. The third kappa shape index (κ3) is 3.10. The molecule has 3 aromatic rings. The molecule has 0 fully saturated rings. The lowest BCUT2D eigenvalue weighted by atomic mass is 10.2. The van der Waals surface area contributed by atoms with Gasteiger partial charge in [-0.1, -0.05) is 32.0 Å². The Balaban J connectivity index is 1.95. The van der Waals surface area contributed by atoms with Gasteiger partial charge in [0.1, 0.15) is 10.9 Å². The smallest absolute Gasteiger partial charge is 0.262 e. The van der Waals surface area contributed by atoms with Gasteiger partial charge in [0.15, 0.2) is 0 Å². The molecule has 2 aromatic heterocycles. The average Bonchev–Trinajstić information content (AvgIpc) is 3.03. The van der Waals surface area contributed by atoms with E-state index in [1.807, 2.05) is 50.2 Å². The minimum Gasteiger partial charge on any atom is -0.324 e. The van der Waals surface area contributed by atoms with Crippen LogP contribution in [0.2, 0.25) is 0 Å². The molecule has 1 N–H and O–H groups in total. The Labute approximate surface area is 144 Å². The second-order valence-corrected chi connectivity index (χ2v) is 6.64. The standard InChI is InChI=1S/C18H19N3O2S/c1-3-13-10-14-17(24-13)19-11-21(18(14)23)15(4-2)16(22)20-12-8-6-5-7-9-12/h5-11,15H,3-4H2,1-2H3,(H,20,22). The number of carbonyl (C=O) groups is 1. The summed E-state index contributed by atoms with van der Waals surface area (Å²) in [5.41, 5.74) is 0.554. The zero-order chi connectivity index (χ0) is 17.1. The molecule has 0 saturated carbocycles. The van der Waals surface area contributed by atoms with Gasteiger partial charge in [-0.05, 0) is 31.0 Å². The molecule has 0 spiro atoms. The van der Waals surface area contributed by atoms with Crippen molar-refractivity contribution in [3.63, 3.8) is 0 Å². The molecule has 0 aliphatic heterocycles. The van der Waals surface area contributed by atoms with E-state index in [1.165, 1.54) is 22.2 Å². The van der Waals surface area contributed by atoms with Crippen molar-refractivity contribution in [1.29, 1.82) is 0 Å². The summed E-state index contributed by atoms with van der Waals surface area (Å²) < 4.78 is 1.44. The maximum atomic E-state index is 12.8. The van der Waals surface area contributed by atoms with Crippen molar-refractivity contribution in [2.24, 2.45) is 0 Å². The van der Waals surface area contributed by atoms with Crippen molar-refractivity contribution in [2.45, 2.75) is 32.7 Å². The monoisotopic (exact) mass is 341 g/mol. The molecule has 0 aliphatic rings. The summed E-state index contributed by atoms with van der Waals surface area (Å²) in [6.45, 7) is 3.93. The first kappa shape index (κ1) is 16.4. The molecule has 0 bridgehead atoms. The van der Waals surface area contributed by atoms with Gasteiger partial charge in [-0.15, -0.1) is 11.3 Å². The number of para-hydroxylation sites is 1. The fourth-order valence-corrected chi connectivity index (χ4v) is 3.56. The molecule has 1 amide bonds. The van der Waals surface area contributed by atoms with Gasteiger partial charge in [-0.2, -0.15) is 0 Å². The number of nitrogens with one attached hydrogen (secondary N) is 1. The molecule has 1 unspecified atom stereocenters. The van der Waals surface area contributed by atoms with E-state index >= 15 is 0 Å². The second-order valence-electron chi connectivity index (χ2n) is 5.52. The van der Waals surface area contributed by atoms with Gasteiger partial charge < -0.3 is 5.32 Å². The fourth-order valence-electron chi connectivity index (χ4n) is 2.64. The van der Waals surface area contributed by atoms with Crippen LogP contribution in [-0.4, -0.2) is 15.5 Å². The van der Waals surface area contributed by atoms with E-state index in [1.54, 1.807) is 0 Å². The lowest BCUT2D eigenvalue weighted by molar-refractivity contribution is -0.119. The minimum absolute atomic E-state index is 0.161. The van der Waals surface area contributed by atoms with Gasteiger partial charge in [0.05, 0.1) is 11.7 Å². The van der Waals surface area contributed by atoms with E-state index in [0.717, 1.165) is 16.1 Å². The second kappa shape index (κ2) is 6.97. The number of amides is 1. The first-order valence-corrected chi connectivity index (χ1v) is 8.81. The molecule has 0 radical (unpaired) electrons. The minimum atomic E-state index is -0.584. The molecule has 124 valence electrons. The number of thiophene rings is 1. The molecular formula is C18H19N3O2S. The Hall–Kier alpha value is -2.47. The van der Waals surface area contributed by atoms with Crippen molar-refractivity contribution in [3.8, 4) is 0 Å². The van der Waals surface area contributed by atoms with E-state index in [4.69, 9.17) is 0 Å². The number of benzene rings is 1. The summed E-state index contributed by atoms with van der Waals surface area (Å²) in [7, 11) is 0. The Morgan fingerprint density at radius 3 is 2.71 bits per heavy atom. The third-order valence-corrected chi connectivity index (χ3v) is 5.13. The normalized spacial score (nSPS) is 12.2. The van der Waals surface area contributed by atoms with Crippen LogP contribution in [0.3, 0.4) is 0 Å². The molecule has 0 aliphatic carbocycles. The van der Waals surface area contributed by atoms with Gasteiger partial charge in [0.25, 0.3) is 5.56 Å². The topological polar surface area (TPSA) is 64.0 Å². The summed E-state index contributed by atoms with van der Waals surface area (Å²) in [6.07, 6.45) is 2.86. The Morgan fingerprint density at radius 1 is 1.29 bits per heavy atom.